The molecule has 1 aromatic heterocycles. The molecule has 22 heavy (non-hydrogen) atoms. The maximum atomic E-state index is 11.4. The molecule has 0 spiro atoms. The van der Waals surface area contributed by atoms with Crippen LogP contribution in [0.4, 0.5) is 0 Å². The van der Waals surface area contributed by atoms with Crippen molar-refractivity contribution in [1.29, 1.82) is 0 Å². The molecule has 1 heterocycles. The van der Waals surface area contributed by atoms with Gasteiger partial charge < -0.3 is 9.84 Å². The number of carbonyl (C=O) groups is 1. The highest BCUT2D eigenvalue weighted by molar-refractivity contribution is 5.93. The number of aromatic nitrogens is 3. The number of nitrogens with zero attached hydrogens (tertiary/aromatic N) is 3. The minimum atomic E-state index is -1.12. The fraction of sp³-hybridized carbons (Fsp3) is 0.0625. The molecule has 0 amide bonds. The largest absolute Gasteiger partial charge is 0.497 e. The first kappa shape index (κ1) is 13.8. The van der Waals surface area contributed by atoms with Crippen molar-refractivity contribution in [2.45, 2.75) is 0 Å². The molecule has 1 N–H and O–H groups in total. The number of rotatable bonds is 4. The molecule has 0 saturated heterocycles. The molecule has 3 rings (SSSR count). The van der Waals surface area contributed by atoms with Crippen molar-refractivity contribution < 1.29 is 14.6 Å². The molecule has 0 radical (unpaired) electrons. The average Bonchev–Trinajstić information content (AvgIpc) is 3.01. The van der Waals surface area contributed by atoms with Gasteiger partial charge >= 0.3 is 5.97 Å². The Kier molecular flexibility index (Phi) is 3.57. The molecule has 0 fully saturated rings. The van der Waals surface area contributed by atoms with Gasteiger partial charge in [0.15, 0.2) is 5.69 Å². The first-order valence-electron chi connectivity index (χ1n) is 6.59. The Morgan fingerprint density at radius 1 is 1.09 bits per heavy atom. The highest BCUT2D eigenvalue weighted by atomic mass is 16.5. The Morgan fingerprint density at radius 3 is 2.36 bits per heavy atom. The highest BCUT2D eigenvalue weighted by Crippen LogP contribution is 2.27. The van der Waals surface area contributed by atoms with E-state index in [1.807, 2.05) is 30.3 Å². The maximum Gasteiger partial charge on any atom is 0.358 e. The van der Waals surface area contributed by atoms with E-state index in [0.29, 0.717) is 17.0 Å². The van der Waals surface area contributed by atoms with Crippen LogP contribution in [0.3, 0.4) is 0 Å². The summed E-state index contributed by atoms with van der Waals surface area (Å²) in [6, 6.07) is 16.4. The molecule has 0 atom stereocenters. The number of hydrogen-bond donors (Lipinski definition) is 1. The van der Waals surface area contributed by atoms with Crippen molar-refractivity contribution in [1.82, 2.24) is 15.0 Å². The third kappa shape index (κ3) is 2.42. The van der Waals surface area contributed by atoms with E-state index in [1.54, 1.807) is 31.4 Å². The van der Waals surface area contributed by atoms with Gasteiger partial charge in [0.25, 0.3) is 0 Å². The fourth-order valence-corrected chi connectivity index (χ4v) is 2.18. The van der Waals surface area contributed by atoms with E-state index in [9.17, 15) is 9.90 Å². The zero-order chi connectivity index (χ0) is 15.5. The van der Waals surface area contributed by atoms with Crippen LogP contribution in [0.5, 0.6) is 5.75 Å². The molecule has 2 aromatic carbocycles. The summed E-state index contributed by atoms with van der Waals surface area (Å²) in [5.41, 5.74) is 1.79. The normalized spacial score (nSPS) is 10.4. The summed E-state index contributed by atoms with van der Waals surface area (Å²) in [5, 5.41) is 17.1. The van der Waals surface area contributed by atoms with Crippen molar-refractivity contribution >= 4 is 5.97 Å². The lowest BCUT2D eigenvalue weighted by molar-refractivity contribution is 0.0691. The van der Waals surface area contributed by atoms with Gasteiger partial charge in [0.1, 0.15) is 11.4 Å². The van der Waals surface area contributed by atoms with Crippen LogP contribution >= 0.6 is 0 Å². The predicted octanol–water partition coefficient (Wildman–Crippen LogP) is 2.64. The third-order valence-electron chi connectivity index (χ3n) is 3.24. The van der Waals surface area contributed by atoms with Crippen molar-refractivity contribution in [3.63, 3.8) is 0 Å². The SMILES string of the molecule is COc1ccc(-c2c(C(=O)O)nnn2-c2ccccc2)cc1. The van der Waals surface area contributed by atoms with Crippen LogP contribution in [0.15, 0.2) is 54.6 Å². The standard InChI is InChI=1S/C16H13N3O3/c1-22-13-9-7-11(8-10-13)15-14(16(20)21)17-18-19(15)12-5-3-2-4-6-12/h2-10H,1H3,(H,20,21). The Hall–Kier alpha value is -3.15. The Bertz CT molecular complexity index is 795. The zero-order valence-electron chi connectivity index (χ0n) is 11.8. The highest BCUT2D eigenvalue weighted by Gasteiger charge is 2.21. The van der Waals surface area contributed by atoms with Crippen LogP contribution in [0.25, 0.3) is 16.9 Å². The van der Waals surface area contributed by atoms with Gasteiger partial charge in [0, 0.05) is 5.56 Å². The van der Waals surface area contributed by atoms with Gasteiger partial charge in [-0.05, 0) is 36.4 Å². The smallest absolute Gasteiger partial charge is 0.358 e. The lowest BCUT2D eigenvalue weighted by Crippen LogP contribution is -2.03. The Morgan fingerprint density at radius 2 is 1.77 bits per heavy atom. The molecular weight excluding hydrogens is 282 g/mol. The van der Waals surface area contributed by atoms with Crippen LogP contribution in [0.1, 0.15) is 10.5 Å². The van der Waals surface area contributed by atoms with Gasteiger partial charge in [-0.1, -0.05) is 23.4 Å². The summed E-state index contributed by atoms with van der Waals surface area (Å²) >= 11 is 0. The zero-order valence-corrected chi connectivity index (χ0v) is 11.8. The Balaban J connectivity index is 2.19. The molecule has 6 heteroatoms. The molecule has 0 aliphatic carbocycles. The summed E-state index contributed by atoms with van der Waals surface area (Å²) in [7, 11) is 1.58. The lowest BCUT2D eigenvalue weighted by atomic mass is 10.1. The second-order valence-corrected chi connectivity index (χ2v) is 4.57. The molecule has 110 valence electrons. The van der Waals surface area contributed by atoms with E-state index in [4.69, 9.17) is 4.74 Å². The van der Waals surface area contributed by atoms with Crippen LogP contribution in [-0.2, 0) is 0 Å². The quantitative estimate of drug-likeness (QED) is 0.800. The molecule has 3 aromatic rings. The number of benzene rings is 2. The van der Waals surface area contributed by atoms with Gasteiger partial charge in [0.2, 0.25) is 0 Å². The average molecular weight is 295 g/mol. The van der Waals surface area contributed by atoms with Crippen LogP contribution in [-0.4, -0.2) is 33.2 Å². The number of carboxylic acids is 1. The van der Waals surface area contributed by atoms with Gasteiger partial charge in [-0.25, -0.2) is 9.48 Å². The van der Waals surface area contributed by atoms with Gasteiger partial charge in [-0.3, -0.25) is 0 Å². The van der Waals surface area contributed by atoms with E-state index in [2.05, 4.69) is 10.3 Å². The lowest BCUT2D eigenvalue weighted by Gasteiger charge is -2.08. The molecule has 0 saturated carbocycles. The monoisotopic (exact) mass is 295 g/mol. The summed E-state index contributed by atoms with van der Waals surface area (Å²) < 4.78 is 6.64. The number of ether oxygens (including phenoxy) is 1. The number of aromatic carboxylic acids is 1. The molecule has 0 aliphatic heterocycles. The topological polar surface area (TPSA) is 77.2 Å². The third-order valence-corrected chi connectivity index (χ3v) is 3.24. The van der Waals surface area contributed by atoms with Crippen LogP contribution in [0, 0.1) is 0 Å². The van der Waals surface area contributed by atoms with E-state index >= 15 is 0 Å². The minimum Gasteiger partial charge on any atom is -0.497 e. The van der Waals surface area contributed by atoms with Gasteiger partial charge in [-0.2, -0.15) is 0 Å². The molecule has 0 unspecified atom stereocenters. The molecule has 0 bridgehead atoms. The number of para-hydroxylation sites is 1. The van der Waals surface area contributed by atoms with E-state index in [1.165, 1.54) is 4.68 Å². The minimum absolute atomic E-state index is 0.0889. The number of hydrogen-bond acceptors (Lipinski definition) is 4. The van der Waals surface area contributed by atoms with Crippen LogP contribution < -0.4 is 4.74 Å². The van der Waals surface area contributed by atoms with E-state index in [-0.39, 0.29) is 5.69 Å². The summed E-state index contributed by atoms with van der Waals surface area (Å²) in [4.78, 5) is 11.4. The summed E-state index contributed by atoms with van der Waals surface area (Å²) in [6.07, 6.45) is 0. The fourth-order valence-electron chi connectivity index (χ4n) is 2.18. The first-order chi connectivity index (χ1) is 10.7. The second kappa shape index (κ2) is 5.69. The predicted molar refractivity (Wildman–Crippen MR) is 80.3 cm³/mol. The number of methoxy groups -OCH3 is 1. The molecule has 0 aliphatic rings. The first-order valence-corrected chi connectivity index (χ1v) is 6.59. The Labute approximate surface area is 126 Å². The van der Waals surface area contributed by atoms with Crippen molar-refractivity contribution in [3.8, 4) is 22.7 Å². The summed E-state index contributed by atoms with van der Waals surface area (Å²) in [6.45, 7) is 0. The van der Waals surface area contributed by atoms with Gasteiger partial charge in [0.05, 0.1) is 12.8 Å². The molecular formula is C16H13N3O3. The van der Waals surface area contributed by atoms with Crippen LogP contribution in [0.2, 0.25) is 0 Å². The summed E-state index contributed by atoms with van der Waals surface area (Å²) in [5.74, 6) is -0.424. The molecule has 6 nitrogen and oxygen atoms in total. The van der Waals surface area contributed by atoms with Gasteiger partial charge in [-0.15, -0.1) is 5.10 Å². The maximum absolute atomic E-state index is 11.4. The van der Waals surface area contributed by atoms with E-state index < -0.39 is 5.97 Å². The van der Waals surface area contributed by atoms with Crippen molar-refractivity contribution in [2.24, 2.45) is 0 Å². The van der Waals surface area contributed by atoms with Crippen molar-refractivity contribution in [2.75, 3.05) is 7.11 Å². The second-order valence-electron chi connectivity index (χ2n) is 4.57. The van der Waals surface area contributed by atoms with Crippen molar-refractivity contribution in [3.05, 3.63) is 60.3 Å². The number of carboxylic acid groups (broad SMARTS) is 1. The van der Waals surface area contributed by atoms with E-state index in [0.717, 1.165) is 5.69 Å².